The van der Waals surface area contributed by atoms with Crippen molar-refractivity contribution in [1.82, 2.24) is 31.1 Å². The van der Waals surface area contributed by atoms with E-state index in [0.29, 0.717) is 38.9 Å². The maximum Gasteiger partial charge on any atom is 0.315 e. The van der Waals surface area contributed by atoms with Crippen LogP contribution in [0.1, 0.15) is 99.1 Å². The Morgan fingerprint density at radius 2 is 1.62 bits per heavy atom. The van der Waals surface area contributed by atoms with Gasteiger partial charge >= 0.3 is 6.03 Å². The van der Waals surface area contributed by atoms with Crippen LogP contribution in [-0.4, -0.2) is 89.0 Å². The number of Topliss-reactive ketones (excluding diaryl/α,β-unsaturated/α-hetero) is 1. The molecule has 1 aromatic rings. The van der Waals surface area contributed by atoms with Gasteiger partial charge in [0.05, 0.1) is 18.5 Å². The molecule has 1 unspecified atom stereocenters. The van der Waals surface area contributed by atoms with Crippen LogP contribution in [0.15, 0.2) is 36.9 Å². The van der Waals surface area contributed by atoms with E-state index in [1.54, 1.807) is 4.90 Å². The molecule has 288 valence electrons. The zero-order valence-electron chi connectivity index (χ0n) is 32.8. The van der Waals surface area contributed by atoms with Crippen molar-refractivity contribution in [3.8, 4) is 0 Å². The first kappa shape index (κ1) is 42.2. The van der Waals surface area contributed by atoms with E-state index in [1.165, 1.54) is 11.0 Å². The quantitative estimate of drug-likeness (QED) is 0.158. The van der Waals surface area contributed by atoms with Gasteiger partial charge in [-0.2, -0.15) is 0 Å². The molecule has 4 N–H and O–H groups in total. The topological polar surface area (TPSA) is 157 Å². The van der Waals surface area contributed by atoms with E-state index >= 15 is 0 Å². The van der Waals surface area contributed by atoms with E-state index in [2.05, 4.69) is 27.8 Å². The van der Waals surface area contributed by atoms with Gasteiger partial charge in [-0.25, -0.2) is 4.79 Å². The second-order valence-electron chi connectivity index (χ2n) is 16.8. The Morgan fingerprint density at radius 3 is 2.19 bits per heavy atom. The number of nitrogens with one attached hydrogen (secondary N) is 4. The van der Waals surface area contributed by atoms with Crippen LogP contribution in [0.4, 0.5) is 4.79 Å². The standard InChI is InChI=1S/C40H62N6O6/c1-11-13-18-29(33(48)36(50)41-20-12-2)42-35(49)32-28(25(3)4)19-21-46(32)37(51)34(40(8,9)10)44-38(52)43-30(39(5,6)7)24-45-23-27-17-15-14-16-26(27)22-31(45)47/h12,14-17,25,28-30,32,34H,2,11,13,18-24H2,1,3-10H3,(H,41,50)(H,42,49)(H2,43,44,52)/t28-,29?,30-,32+,34-/m1/s1. The predicted octanol–water partition coefficient (Wildman–Crippen LogP) is 4.12. The first-order valence-corrected chi connectivity index (χ1v) is 18.7. The Hall–Kier alpha value is -4.22. The first-order chi connectivity index (χ1) is 24.3. The maximum absolute atomic E-state index is 14.5. The maximum atomic E-state index is 14.5. The summed E-state index contributed by atoms with van der Waals surface area (Å²) in [5.74, 6) is -2.60. The van der Waals surface area contributed by atoms with Gasteiger partial charge in [-0.3, -0.25) is 24.0 Å². The van der Waals surface area contributed by atoms with Crippen molar-refractivity contribution in [2.45, 2.75) is 125 Å². The lowest BCUT2D eigenvalue weighted by molar-refractivity contribution is -0.144. The van der Waals surface area contributed by atoms with Gasteiger partial charge in [-0.05, 0) is 46.6 Å². The molecule has 0 saturated carbocycles. The fraction of sp³-hybridized carbons (Fsp3) is 0.650. The molecule has 0 aromatic heterocycles. The van der Waals surface area contributed by atoms with Crippen LogP contribution in [0, 0.1) is 22.7 Å². The van der Waals surface area contributed by atoms with Gasteiger partial charge in [-0.1, -0.05) is 105 Å². The van der Waals surface area contributed by atoms with Gasteiger partial charge < -0.3 is 31.1 Å². The Balaban J connectivity index is 1.82. The lowest BCUT2D eigenvalue weighted by Gasteiger charge is -2.39. The third kappa shape index (κ3) is 10.9. The number of benzene rings is 1. The second-order valence-corrected chi connectivity index (χ2v) is 16.8. The normalized spacial score (nSPS) is 19.3. The third-order valence-corrected chi connectivity index (χ3v) is 10.3. The molecule has 12 nitrogen and oxygen atoms in total. The Labute approximate surface area is 310 Å². The highest BCUT2D eigenvalue weighted by molar-refractivity contribution is 6.38. The molecule has 1 fully saturated rings. The average molecular weight is 723 g/mol. The molecule has 2 aliphatic heterocycles. The number of likely N-dealkylation sites (tertiary alicyclic amines) is 1. The van der Waals surface area contributed by atoms with Crippen LogP contribution in [0.3, 0.4) is 0 Å². The van der Waals surface area contributed by atoms with Gasteiger partial charge in [0.15, 0.2) is 0 Å². The van der Waals surface area contributed by atoms with Gasteiger partial charge in [-0.15, -0.1) is 6.58 Å². The minimum absolute atomic E-state index is 0.00742. The zero-order chi connectivity index (χ0) is 39.0. The van der Waals surface area contributed by atoms with Gasteiger partial charge in [0.2, 0.25) is 23.5 Å². The van der Waals surface area contributed by atoms with E-state index in [-0.39, 0.29) is 30.7 Å². The predicted molar refractivity (Wildman–Crippen MR) is 202 cm³/mol. The van der Waals surface area contributed by atoms with Gasteiger partial charge in [0, 0.05) is 26.2 Å². The molecule has 1 saturated heterocycles. The number of hydrogen-bond donors (Lipinski definition) is 4. The van der Waals surface area contributed by atoms with Crippen molar-refractivity contribution in [2.75, 3.05) is 19.6 Å². The second kappa shape index (κ2) is 18.0. The summed E-state index contributed by atoms with van der Waals surface area (Å²) in [7, 11) is 0. The molecule has 12 heteroatoms. The Bertz CT molecular complexity index is 1480. The summed E-state index contributed by atoms with van der Waals surface area (Å²) >= 11 is 0. The first-order valence-electron chi connectivity index (χ1n) is 18.7. The molecule has 0 aliphatic carbocycles. The molecule has 0 bridgehead atoms. The Morgan fingerprint density at radius 1 is 0.962 bits per heavy atom. The fourth-order valence-electron chi connectivity index (χ4n) is 6.96. The largest absolute Gasteiger partial charge is 0.346 e. The van der Waals surface area contributed by atoms with Crippen molar-refractivity contribution in [3.63, 3.8) is 0 Å². The number of urea groups is 1. The molecule has 1 aromatic carbocycles. The summed E-state index contributed by atoms with van der Waals surface area (Å²) in [5.41, 5.74) is 0.933. The minimum Gasteiger partial charge on any atom is -0.346 e. The molecule has 2 heterocycles. The molecule has 6 amide bonds. The molecule has 0 spiro atoms. The third-order valence-electron chi connectivity index (χ3n) is 10.3. The summed E-state index contributed by atoms with van der Waals surface area (Å²) in [6, 6.07) is 3.94. The lowest BCUT2D eigenvalue weighted by atomic mass is 9.84. The summed E-state index contributed by atoms with van der Waals surface area (Å²) in [5, 5.41) is 11.3. The Kier molecular flexibility index (Phi) is 14.6. The number of carbonyl (C=O) groups is 6. The van der Waals surface area contributed by atoms with Crippen LogP contribution in [0.25, 0.3) is 0 Å². The van der Waals surface area contributed by atoms with Crippen molar-refractivity contribution in [1.29, 1.82) is 0 Å². The van der Waals surface area contributed by atoms with E-state index < -0.39 is 64.5 Å². The highest BCUT2D eigenvalue weighted by Crippen LogP contribution is 2.34. The summed E-state index contributed by atoms with van der Waals surface area (Å²) < 4.78 is 0. The number of ketones is 1. The molecule has 2 aliphatic rings. The minimum atomic E-state index is -1.04. The number of fused-ring (bicyclic) bond motifs is 1. The smallest absolute Gasteiger partial charge is 0.315 e. The summed E-state index contributed by atoms with van der Waals surface area (Å²) in [6.07, 6.45) is 4.00. The van der Waals surface area contributed by atoms with E-state index in [0.717, 1.165) is 17.5 Å². The van der Waals surface area contributed by atoms with Crippen LogP contribution in [0.5, 0.6) is 0 Å². The van der Waals surface area contributed by atoms with Gasteiger partial charge in [0.1, 0.15) is 12.1 Å². The molecular formula is C40H62N6O6. The van der Waals surface area contributed by atoms with E-state index in [9.17, 15) is 28.8 Å². The number of unbranched alkanes of at least 4 members (excludes halogenated alkanes) is 1. The zero-order valence-corrected chi connectivity index (χ0v) is 32.8. The number of hydrogen-bond acceptors (Lipinski definition) is 6. The highest BCUT2D eigenvalue weighted by Gasteiger charge is 2.48. The van der Waals surface area contributed by atoms with Crippen LogP contribution in [-0.2, 0) is 36.9 Å². The number of nitrogens with zero attached hydrogens (tertiary/aromatic N) is 2. The summed E-state index contributed by atoms with van der Waals surface area (Å²) in [6.45, 7) is 22.2. The number of rotatable bonds is 15. The van der Waals surface area contributed by atoms with Gasteiger partial charge in [0.25, 0.3) is 5.91 Å². The highest BCUT2D eigenvalue weighted by atomic mass is 16.2. The monoisotopic (exact) mass is 722 g/mol. The fourth-order valence-corrected chi connectivity index (χ4v) is 6.96. The average Bonchev–Trinajstić information content (AvgIpc) is 3.52. The number of carbonyl (C=O) groups excluding carboxylic acids is 6. The summed E-state index contributed by atoms with van der Waals surface area (Å²) in [4.78, 5) is 84.5. The SMILES string of the molecule is C=CCNC(=O)C(=O)C(CCCC)NC(=O)[C@@H]1[C@@H](C(C)C)CCN1C(=O)[C@@H](NC(=O)N[C@H](CN1Cc2ccccc2CC1=O)C(C)(C)C)C(C)(C)C. The lowest BCUT2D eigenvalue weighted by Crippen LogP contribution is -2.62. The van der Waals surface area contributed by atoms with Crippen molar-refractivity contribution >= 4 is 35.4 Å². The van der Waals surface area contributed by atoms with Crippen LogP contribution < -0.4 is 21.3 Å². The van der Waals surface area contributed by atoms with E-state index in [4.69, 9.17) is 0 Å². The van der Waals surface area contributed by atoms with Crippen LogP contribution >= 0.6 is 0 Å². The number of amides is 6. The molecule has 5 atom stereocenters. The van der Waals surface area contributed by atoms with Crippen molar-refractivity contribution in [3.05, 3.63) is 48.0 Å². The molecule has 0 radical (unpaired) electrons. The van der Waals surface area contributed by atoms with Crippen LogP contribution in [0.2, 0.25) is 0 Å². The molecule has 52 heavy (non-hydrogen) atoms. The van der Waals surface area contributed by atoms with Crippen molar-refractivity contribution in [2.24, 2.45) is 22.7 Å². The van der Waals surface area contributed by atoms with Crippen molar-refractivity contribution < 1.29 is 28.8 Å². The molecular weight excluding hydrogens is 660 g/mol. The van der Waals surface area contributed by atoms with E-state index in [1.807, 2.05) is 86.6 Å². The molecule has 3 rings (SSSR count).